The van der Waals surface area contributed by atoms with Crippen molar-refractivity contribution in [3.05, 3.63) is 54.9 Å². The highest BCUT2D eigenvalue weighted by atomic mass is 15.4. The zero-order valence-corrected chi connectivity index (χ0v) is 21.9. The molecular weight excluding hydrogens is 420 g/mol. The Balaban J connectivity index is 0.00000158. The van der Waals surface area contributed by atoms with Crippen molar-refractivity contribution in [2.45, 2.75) is 56.7 Å². The summed E-state index contributed by atoms with van der Waals surface area (Å²) in [5.41, 5.74) is 4.32. The molecule has 0 saturated carbocycles. The Morgan fingerprint density at radius 3 is 2.35 bits per heavy atom. The Morgan fingerprint density at radius 1 is 1.03 bits per heavy atom. The number of nitrogens with zero attached hydrogens (tertiary/aromatic N) is 4. The molecule has 6 heteroatoms. The summed E-state index contributed by atoms with van der Waals surface area (Å²) in [5.74, 6) is 0. The Kier molecular flexibility index (Phi) is 9.74. The molecule has 3 heterocycles. The monoisotopic (exact) mass is 466 g/mol. The lowest BCUT2D eigenvalue weighted by atomic mass is 9.69. The zero-order chi connectivity index (χ0) is 24.6. The van der Waals surface area contributed by atoms with Gasteiger partial charge in [0.2, 0.25) is 0 Å². The zero-order valence-electron chi connectivity index (χ0n) is 21.9. The molecule has 3 aliphatic rings. The summed E-state index contributed by atoms with van der Waals surface area (Å²) < 4.78 is 0. The van der Waals surface area contributed by atoms with E-state index in [9.17, 15) is 0 Å². The van der Waals surface area contributed by atoms with Crippen LogP contribution < -0.4 is 10.6 Å². The lowest BCUT2D eigenvalue weighted by Gasteiger charge is -2.48. The molecule has 1 aromatic rings. The number of likely N-dealkylation sites (tertiary alicyclic amines) is 2. The van der Waals surface area contributed by atoms with Gasteiger partial charge in [0, 0.05) is 62.4 Å². The second kappa shape index (κ2) is 12.5. The van der Waals surface area contributed by atoms with E-state index in [1.165, 1.54) is 62.1 Å². The topological polar surface area (TPSA) is 46.1 Å². The molecule has 4 rings (SSSR count). The maximum Gasteiger partial charge on any atom is 0.118 e. The Bertz CT molecular complexity index is 818. The highest BCUT2D eigenvalue weighted by Gasteiger charge is 2.39. The summed E-state index contributed by atoms with van der Waals surface area (Å²) in [5, 5.41) is 6.86. The van der Waals surface area contributed by atoms with E-state index in [0.29, 0.717) is 6.17 Å². The van der Waals surface area contributed by atoms with E-state index in [1.54, 1.807) is 0 Å². The fraction of sp³-hybridized carbons (Fsp3) is 0.607. The smallest absolute Gasteiger partial charge is 0.118 e. The number of para-hydroxylation sites is 1. The molecule has 6 nitrogen and oxygen atoms in total. The third kappa shape index (κ3) is 5.73. The van der Waals surface area contributed by atoms with Crippen LogP contribution in [0.5, 0.6) is 0 Å². The first-order chi connectivity index (χ1) is 16.6. The van der Waals surface area contributed by atoms with Gasteiger partial charge < -0.3 is 20.4 Å². The van der Waals surface area contributed by atoms with Gasteiger partial charge in [0.15, 0.2) is 0 Å². The van der Waals surface area contributed by atoms with Crippen LogP contribution in [0.2, 0.25) is 0 Å². The van der Waals surface area contributed by atoms with Crippen LogP contribution in [0.25, 0.3) is 0 Å². The Morgan fingerprint density at radius 2 is 1.71 bits per heavy atom. The summed E-state index contributed by atoms with van der Waals surface area (Å²) in [6.07, 6.45) is 10.6. The maximum atomic E-state index is 4.47. The van der Waals surface area contributed by atoms with Gasteiger partial charge in [-0.1, -0.05) is 18.2 Å². The van der Waals surface area contributed by atoms with Crippen molar-refractivity contribution in [2.75, 3.05) is 59.2 Å². The van der Waals surface area contributed by atoms with Crippen LogP contribution in [0.3, 0.4) is 0 Å². The predicted octanol–water partition coefficient (Wildman–Crippen LogP) is 4.14. The van der Waals surface area contributed by atoms with Crippen LogP contribution in [0.1, 0.15) is 44.6 Å². The first-order valence-electron chi connectivity index (χ1n) is 12.9. The molecular formula is C28H46N6. The Labute approximate surface area is 207 Å². The van der Waals surface area contributed by atoms with Crippen LogP contribution in [0.15, 0.2) is 54.3 Å². The van der Waals surface area contributed by atoms with Crippen LogP contribution >= 0.6 is 0 Å². The second-order valence-corrected chi connectivity index (χ2v) is 9.83. The van der Waals surface area contributed by atoms with E-state index in [1.807, 2.05) is 6.20 Å². The number of hydrogen-bond donors (Lipinski definition) is 2. The van der Waals surface area contributed by atoms with Crippen molar-refractivity contribution in [3.63, 3.8) is 0 Å². The number of piperidine rings is 2. The molecule has 1 unspecified atom stereocenters. The number of allylic oxidation sites excluding steroid dienone is 1. The average molecular weight is 467 g/mol. The number of rotatable bonds is 7. The maximum absolute atomic E-state index is 4.47. The van der Waals surface area contributed by atoms with Crippen molar-refractivity contribution in [2.24, 2.45) is 4.99 Å². The molecule has 0 aromatic heterocycles. The van der Waals surface area contributed by atoms with Crippen LogP contribution in [0, 0.1) is 0 Å². The minimum absolute atomic E-state index is 0.269. The summed E-state index contributed by atoms with van der Waals surface area (Å²) in [6, 6.07) is 9.67. The SMILES string of the molecule is C=C.CNCCC1(c2ccccc2NC)CCN(C2CCN(C3C=NC=C(C)N3C)CC2)CC1. The molecule has 0 amide bonds. The summed E-state index contributed by atoms with van der Waals surface area (Å²) in [7, 11) is 6.32. The Hall–Kier alpha value is -2.15. The summed E-state index contributed by atoms with van der Waals surface area (Å²) >= 11 is 0. The van der Waals surface area contributed by atoms with Crippen LogP contribution in [-0.2, 0) is 5.41 Å². The lowest BCUT2D eigenvalue weighted by molar-refractivity contribution is 0.0415. The highest BCUT2D eigenvalue weighted by Crippen LogP contribution is 2.42. The molecule has 0 radical (unpaired) electrons. The number of benzene rings is 1. The van der Waals surface area contributed by atoms with Crippen molar-refractivity contribution in [1.29, 1.82) is 0 Å². The number of hydrogen-bond acceptors (Lipinski definition) is 6. The third-order valence-corrected chi connectivity index (χ3v) is 8.20. The van der Waals surface area contributed by atoms with Gasteiger partial charge in [-0.05, 0) is 77.3 Å². The van der Waals surface area contributed by atoms with Crippen molar-refractivity contribution in [3.8, 4) is 0 Å². The molecule has 2 N–H and O–H groups in total. The molecule has 3 aliphatic heterocycles. The highest BCUT2D eigenvalue weighted by molar-refractivity contribution is 5.66. The summed E-state index contributed by atoms with van der Waals surface area (Å²) in [6.45, 7) is 13.9. The molecule has 2 saturated heterocycles. The van der Waals surface area contributed by atoms with Gasteiger partial charge in [-0.2, -0.15) is 0 Å². The molecule has 0 bridgehead atoms. The van der Waals surface area contributed by atoms with Gasteiger partial charge in [-0.3, -0.25) is 9.89 Å². The standard InChI is InChI=1S/C26H42N6.C2H4/c1-21-19-29-20-25(30(21)4)32-15-9-22(10-16-32)31-17-12-26(13-18-31,11-14-27-2)23-7-5-6-8-24(23)28-3;1-2/h5-8,19-20,22,25,27-28H,9-18H2,1-4H3;1-2H2. The van der Waals surface area contributed by atoms with E-state index < -0.39 is 0 Å². The first-order valence-corrected chi connectivity index (χ1v) is 12.9. The molecule has 2 fully saturated rings. The van der Waals surface area contributed by atoms with Gasteiger partial charge >= 0.3 is 0 Å². The fourth-order valence-electron chi connectivity index (χ4n) is 5.98. The van der Waals surface area contributed by atoms with Crippen LogP contribution in [-0.4, -0.2) is 87.0 Å². The van der Waals surface area contributed by atoms with E-state index in [2.05, 4.69) is 102 Å². The molecule has 0 aliphatic carbocycles. The largest absolute Gasteiger partial charge is 0.388 e. The van der Waals surface area contributed by atoms with E-state index in [4.69, 9.17) is 0 Å². The quantitative estimate of drug-likeness (QED) is 0.592. The van der Waals surface area contributed by atoms with E-state index in [0.717, 1.165) is 25.7 Å². The second-order valence-electron chi connectivity index (χ2n) is 9.83. The van der Waals surface area contributed by atoms with Gasteiger partial charge in [0.25, 0.3) is 0 Å². The van der Waals surface area contributed by atoms with Crippen molar-refractivity contribution in [1.82, 2.24) is 20.0 Å². The third-order valence-electron chi connectivity index (χ3n) is 8.20. The minimum atomic E-state index is 0.269. The number of anilines is 1. The molecule has 0 spiro atoms. The normalized spacial score (nSPS) is 23.7. The minimum Gasteiger partial charge on any atom is -0.388 e. The first kappa shape index (κ1) is 26.5. The van der Waals surface area contributed by atoms with E-state index in [-0.39, 0.29) is 5.41 Å². The lowest BCUT2D eigenvalue weighted by Crippen LogP contribution is -2.55. The predicted molar refractivity (Wildman–Crippen MR) is 147 cm³/mol. The molecule has 1 atom stereocenters. The number of aliphatic imine (C=N–C) groups is 1. The average Bonchev–Trinajstić information content (AvgIpc) is 2.90. The van der Waals surface area contributed by atoms with Gasteiger partial charge in [0.05, 0.1) is 0 Å². The van der Waals surface area contributed by atoms with Crippen molar-refractivity contribution < 1.29 is 0 Å². The van der Waals surface area contributed by atoms with Crippen LogP contribution in [0.4, 0.5) is 5.69 Å². The number of nitrogens with one attached hydrogen (secondary N) is 2. The van der Waals surface area contributed by atoms with Gasteiger partial charge in [-0.25, -0.2) is 0 Å². The molecule has 34 heavy (non-hydrogen) atoms. The molecule has 188 valence electrons. The van der Waals surface area contributed by atoms with E-state index >= 15 is 0 Å². The fourth-order valence-corrected chi connectivity index (χ4v) is 5.98. The van der Waals surface area contributed by atoms with Gasteiger partial charge in [-0.15, -0.1) is 13.2 Å². The van der Waals surface area contributed by atoms with Crippen molar-refractivity contribution >= 4 is 11.9 Å². The summed E-state index contributed by atoms with van der Waals surface area (Å²) in [4.78, 5) is 12.2. The molecule has 1 aromatic carbocycles. The van der Waals surface area contributed by atoms with Gasteiger partial charge in [0.1, 0.15) is 6.17 Å².